The van der Waals surface area contributed by atoms with E-state index in [4.69, 9.17) is 4.74 Å². The number of hydrogen-bond donors (Lipinski definition) is 2. The number of aryl methyl sites for hydroxylation is 1. The van der Waals surface area contributed by atoms with Gasteiger partial charge in [0.1, 0.15) is 5.60 Å². The van der Waals surface area contributed by atoms with Crippen LogP contribution in [0.5, 0.6) is 0 Å². The quantitative estimate of drug-likeness (QED) is 0.695. The van der Waals surface area contributed by atoms with Gasteiger partial charge in [-0.25, -0.2) is 0 Å². The van der Waals surface area contributed by atoms with Gasteiger partial charge in [-0.2, -0.15) is 0 Å². The van der Waals surface area contributed by atoms with Crippen LogP contribution in [0.25, 0.3) is 0 Å². The molecular weight excluding hydrogens is 226 g/mol. The van der Waals surface area contributed by atoms with Gasteiger partial charge in [0.05, 0.1) is 6.61 Å². The van der Waals surface area contributed by atoms with Crippen molar-refractivity contribution in [2.75, 3.05) is 26.8 Å². The molecule has 102 valence electrons. The summed E-state index contributed by atoms with van der Waals surface area (Å²) in [5.41, 5.74) is 1.48. The van der Waals surface area contributed by atoms with Crippen molar-refractivity contribution in [2.45, 2.75) is 32.3 Å². The maximum absolute atomic E-state index is 10.7. The third kappa shape index (κ3) is 4.09. The molecular formula is C15H25NO2. The van der Waals surface area contributed by atoms with Gasteiger partial charge in [0.2, 0.25) is 0 Å². The Morgan fingerprint density at radius 3 is 2.39 bits per heavy atom. The summed E-state index contributed by atoms with van der Waals surface area (Å²) in [6, 6.07) is 8.23. The number of nitrogens with one attached hydrogen (secondary N) is 1. The summed E-state index contributed by atoms with van der Waals surface area (Å²) in [6.07, 6.45) is 1.72. The van der Waals surface area contributed by atoms with Crippen molar-refractivity contribution < 1.29 is 9.84 Å². The summed E-state index contributed by atoms with van der Waals surface area (Å²) < 4.78 is 4.98. The molecule has 1 aromatic rings. The van der Waals surface area contributed by atoms with E-state index in [0.717, 1.165) is 18.5 Å². The van der Waals surface area contributed by atoms with E-state index in [2.05, 4.69) is 24.4 Å². The van der Waals surface area contributed by atoms with Gasteiger partial charge in [0.15, 0.2) is 0 Å². The highest BCUT2D eigenvalue weighted by molar-refractivity contribution is 5.27. The number of aliphatic hydroxyl groups is 1. The third-order valence-electron chi connectivity index (χ3n) is 3.38. The fourth-order valence-electron chi connectivity index (χ4n) is 1.95. The lowest BCUT2D eigenvalue weighted by Crippen LogP contribution is -2.38. The molecule has 0 aliphatic rings. The highest BCUT2D eigenvalue weighted by Gasteiger charge is 2.26. The van der Waals surface area contributed by atoms with E-state index in [-0.39, 0.29) is 0 Å². The average Bonchev–Trinajstić information content (AvgIpc) is 2.43. The van der Waals surface area contributed by atoms with Crippen LogP contribution in [0.1, 0.15) is 31.4 Å². The molecule has 0 fully saturated rings. The van der Waals surface area contributed by atoms with E-state index in [0.29, 0.717) is 19.6 Å². The lowest BCUT2D eigenvalue weighted by Gasteiger charge is -2.28. The van der Waals surface area contributed by atoms with Crippen LogP contribution in [-0.2, 0) is 16.8 Å². The average molecular weight is 251 g/mol. The zero-order valence-electron chi connectivity index (χ0n) is 11.7. The molecule has 1 atom stereocenters. The monoisotopic (exact) mass is 251 g/mol. The summed E-state index contributed by atoms with van der Waals surface area (Å²) in [7, 11) is 1.68. The Balaban J connectivity index is 2.66. The van der Waals surface area contributed by atoms with E-state index < -0.39 is 5.60 Å². The van der Waals surface area contributed by atoms with Crippen molar-refractivity contribution in [2.24, 2.45) is 0 Å². The molecule has 2 N–H and O–H groups in total. The van der Waals surface area contributed by atoms with Gasteiger partial charge in [-0.3, -0.25) is 0 Å². The Hall–Kier alpha value is -0.900. The van der Waals surface area contributed by atoms with Crippen molar-refractivity contribution in [3.05, 3.63) is 35.4 Å². The molecule has 1 rings (SSSR count). The van der Waals surface area contributed by atoms with Crippen molar-refractivity contribution in [1.29, 1.82) is 0 Å². The predicted octanol–water partition coefficient (Wildman–Crippen LogP) is 2.08. The van der Waals surface area contributed by atoms with Gasteiger partial charge in [-0.1, -0.05) is 38.1 Å². The van der Waals surface area contributed by atoms with Gasteiger partial charge in [-0.05, 0) is 24.0 Å². The van der Waals surface area contributed by atoms with Crippen molar-refractivity contribution in [1.82, 2.24) is 5.32 Å². The van der Waals surface area contributed by atoms with Gasteiger partial charge >= 0.3 is 0 Å². The molecule has 0 bridgehead atoms. The molecule has 0 saturated heterocycles. The molecule has 0 aliphatic heterocycles. The van der Waals surface area contributed by atoms with Crippen molar-refractivity contribution in [3.63, 3.8) is 0 Å². The van der Waals surface area contributed by atoms with Crippen LogP contribution in [-0.4, -0.2) is 31.9 Å². The first-order chi connectivity index (χ1) is 8.66. The molecule has 3 nitrogen and oxygen atoms in total. The molecule has 0 radical (unpaired) electrons. The van der Waals surface area contributed by atoms with Crippen LogP contribution in [0.4, 0.5) is 0 Å². The van der Waals surface area contributed by atoms with E-state index >= 15 is 0 Å². The second-order valence-corrected chi connectivity index (χ2v) is 4.61. The van der Waals surface area contributed by atoms with E-state index in [1.54, 1.807) is 7.11 Å². The Kier molecular flexibility index (Phi) is 6.33. The molecule has 3 heteroatoms. The second-order valence-electron chi connectivity index (χ2n) is 4.61. The third-order valence-corrected chi connectivity index (χ3v) is 3.38. The SMILES string of the molecule is CCc1ccc(C(O)(CC)CNCCOC)cc1. The molecule has 18 heavy (non-hydrogen) atoms. The summed E-state index contributed by atoms with van der Waals surface area (Å²) in [5, 5.41) is 13.9. The lowest BCUT2D eigenvalue weighted by molar-refractivity contribution is 0.0312. The Morgan fingerprint density at radius 2 is 1.89 bits per heavy atom. The largest absolute Gasteiger partial charge is 0.384 e. The molecule has 0 heterocycles. The zero-order valence-corrected chi connectivity index (χ0v) is 11.7. The fourth-order valence-corrected chi connectivity index (χ4v) is 1.95. The first-order valence-corrected chi connectivity index (χ1v) is 6.67. The molecule has 1 aromatic carbocycles. The summed E-state index contributed by atoms with van der Waals surface area (Å²) >= 11 is 0. The topological polar surface area (TPSA) is 41.5 Å². The van der Waals surface area contributed by atoms with E-state index in [1.165, 1.54) is 5.56 Å². The fraction of sp³-hybridized carbons (Fsp3) is 0.600. The second kappa shape index (κ2) is 7.52. The Labute approximate surface area is 110 Å². The Bertz CT molecular complexity index is 337. The first-order valence-electron chi connectivity index (χ1n) is 6.67. The van der Waals surface area contributed by atoms with E-state index in [9.17, 15) is 5.11 Å². The highest BCUT2D eigenvalue weighted by Crippen LogP contribution is 2.24. The summed E-state index contributed by atoms with van der Waals surface area (Å²) in [6.45, 7) is 6.11. The number of benzene rings is 1. The van der Waals surface area contributed by atoms with Crippen LogP contribution >= 0.6 is 0 Å². The lowest BCUT2D eigenvalue weighted by atomic mass is 9.90. The number of hydrogen-bond acceptors (Lipinski definition) is 3. The van der Waals surface area contributed by atoms with Crippen LogP contribution in [0, 0.1) is 0 Å². The minimum atomic E-state index is -0.792. The molecule has 0 spiro atoms. The number of ether oxygens (including phenoxy) is 1. The number of methoxy groups -OCH3 is 1. The normalized spacial score (nSPS) is 14.4. The van der Waals surface area contributed by atoms with Gasteiger partial charge in [-0.15, -0.1) is 0 Å². The first kappa shape index (κ1) is 15.2. The van der Waals surface area contributed by atoms with Crippen molar-refractivity contribution in [3.8, 4) is 0 Å². The maximum Gasteiger partial charge on any atom is 0.102 e. The highest BCUT2D eigenvalue weighted by atomic mass is 16.5. The molecule has 1 unspecified atom stereocenters. The molecule has 0 aromatic heterocycles. The van der Waals surface area contributed by atoms with Gasteiger partial charge in [0.25, 0.3) is 0 Å². The summed E-state index contributed by atoms with van der Waals surface area (Å²) in [5.74, 6) is 0. The molecule has 0 amide bonds. The minimum Gasteiger partial charge on any atom is -0.384 e. The van der Waals surface area contributed by atoms with Crippen molar-refractivity contribution >= 4 is 0 Å². The minimum absolute atomic E-state index is 0.554. The smallest absolute Gasteiger partial charge is 0.102 e. The maximum atomic E-state index is 10.7. The zero-order chi connectivity index (χ0) is 13.4. The van der Waals surface area contributed by atoms with Gasteiger partial charge in [0, 0.05) is 20.2 Å². The number of rotatable bonds is 8. The molecule has 0 saturated carbocycles. The van der Waals surface area contributed by atoms with Gasteiger partial charge < -0.3 is 15.2 Å². The van der Waals surface area contributed by atoms with Crippen LogP contribution in [0.3, 0.4) is 0 Å². The van der Waals surface area contributed by atoms with Crippen LogP contribution < -0.4 is 5.32 Å². The van der Waals surface area contributed by atoms with E-state index in [1.807, 2.05) is 19.1 Å². The standard InChI is InChI=1S/C15H25NO2/c1-4-13-6-8-14(9-7-13)15(17,5-2)12-16-10-11-18-3/h6-9,16-17H,4-5,10-12H2,1-3H3. The Morgan fingerprint density at radius 1 is 1.22 bits per heavy atom. The predicted molar refractivity (Wildman–Crippen MR) is 74.8 cm³/mol. The van der Waals surface area contributed by atoms with Crippen LogP contribution in [0.2, 0.25) is 0 Å². The molecule has 0 aliphatic carbocycles. The summed E-state index contributed by atoms with van der Waals surface area (Å²) in [4.78, 5) is 0. The van der Waals surface area contributed by atoms with Crippen LogP contribution in [0.15, 0.2) is 24.3 Å².